The highest BCUT2D eigenvalue weighted by atomic mass is 19.4. The van der Waals surface area contributed by atoms with Gasteiger partial charge >= 0.3 is 12.1 Å². The van der Waals surface area contributed by atoms with E-state index in [4.69, 9.17) is 0 Å². The molecule has 0 aliphatic carbocycles. The van der Waals surface area contributed by atoms with Crippen molar-refractivity contribution in [3.63, 3.8) is 0 Å². The number of aryl methyl sites for hydroxylation is 1. The van der Waals surface area contributed by atoms with Gasteiger partial charge in [0.25, 0.3) is 5.91 Å². The van der Waals surface area contributed by atoms with E-state index in [1.807, 2.05) is 0 Å². The molecule has 0 saturated carbocycles. The van der Waals surface area contributed by atoms with Crippen molar-refractivity contribution in [2.24, 2.45) is 7.05 Å². The molecule has 0 radical (unpaired) electrons. The lowest BCUT2D eigenvalue weighted by atomic mass is 10.4. The Bertz CT molecular complexity index is 480. The third-order valence-electron chi connectivity index (χ3n) is 2.40. The highest BCUT2D eigenvalue weighted by molar-refractivity contribution is 5.90. The number of aromatic nitrogens is 1. The first-order valence-corrected chi connectivity index (χ1v) is 5.33. The zero-order valence-electron chi connectivity index (χ0n) is 10.4. The van der Waals surface area contributed by atoms with Crippen molar-refractivity contribution in [1.29, 1.82) is 0 Å². The molecule has 0 aliphatic rings. The maximum atomic E-state index is 11.8. The van der Waals surface area contributed by atoms with E-state index in [1.54, 1.807) is 29.9 Å². The van der Waals surface area contributed by atoms with Crippen molar-refractivity contribution in [2.45, 2.75) is 13.1 Å². The average molecular weight is 278 g/mol. The van der Waals surface area contributed by atoms with Crippen molar-refractivity contribution in [1.82, 2.24) is 9.88 Å². The number of ether oxygens (including phenoxy) is 1. The Hall–Kier alpha value is -1.99. The van der Waals surface area contributed by atoms with Gasteiger partial charge in [0.2, 0.25) is 0 Å². The van der Waals surface area contributed by atoms with Crippen molar-refractivity contribution in [3.05, 3.63) is 23.5 Å². The summed E-state index contributed by atoms with van der Waals surface area (Å²) in [5, 5.41) is 1.60. The normalized spacial score (nSPS) is 11.2. The first kappa shape index (κ1) is 15.1. The molecule has 0 fully saturated rings. The summed E-state index contributed by atoms with van der Waals surface area (Å²) in [4.78, 5) is 22.6. The van der Waals surface area contributed by atoms with Crippen LogP contribution in [0.3, 0.4) is 0 Å². The predicted octanol–water partition coefficient (Wildman–Crippen LogP) is 1.17. The van der Waals surface area contributed by atoms with E-state index in [9.17, 15) is 22.8 Å². The maximum Gasteiger partial charge on any atom is 0.405 e. The standard InChI is InChI=1S/C11H13F3N2O3/c1-7-3-4-8(16(7)2)10(18)19-5-9(17)15-6-11(12,13)14/h3-4H,5-6H2,1-2H3,(H,15,17). The summed E-state index contributed by atoms with van der Waals surface area (Å²) < 4.78 is 41.6. The Labute approximate surface area is 107 Å². The molecule has 1 aromatic rings. The molecule has 0 bridgehead atoms. The molecule has 1 amide bonds. The molecule has 0 atom stereocenters. The minimum Gasteiger partial charge on any atom is -0.451 e. The van der Waals surface area contributed by atoms with E-state index in [0.717, 1.165) is 5.69 Å². The van der Waals surface area contributed by atoms with Crippen LogP contribution in [-0.2, 0) is 16.6 Å². The second kappa shape index (κ2) is 5.77. The first-order chi connectivity index (χ1) is 8.70. The van der Waals surface area contributed by atoms with E-state index in [0.29, 0.717) is 0 Å². The molecule has 0 spiro atoms. The van der Waals surface area contributed by atoms with Crippen LogP contribution in [0, 0.1) is 6.92 Å². The fourth-order valence-electron chi connectivity index (χ4n) is 1.27. The lowest BCUT2D eigenvalue weighted by Crippen LogP contribution is -2.36. The third kappa shape index (κ3) is 4.65. The number of carbonyl (C=O) groups excluding carboxylic acids is 2. The number of halogens is 3. The molecule has 0 saturated heterocycles. The average Bonchev–Trinajstić information content (AvgIpc) is 2.63. The first-order valence-electron chi connectivity index (χ1n) is 5.33. The van der Waals surface area contributed by atoms with Crippen molar-refractivity contribution >= 4 is 11.9 Å². The van der Waals surface area contributed by atoms with E-state index in [1.165, 1.54) is 6.07 Å². The summed E-state index contributed by atoms with van der Waals surface area (Å²) in [5.74, 6) is -1.77. The Morgan fingerprint density at radius 3 is 2.47 bits per heavy atom. The molecule has 1 aromatic heterocycles. The molecule has 0 aliphatic heterocycles. The maximum absolute atomic E-state index is 11.8. The Morgan fingerprint density at radius 1 is 1.37 bits per heavy atom. The Kier molecular flexibility index (Phi) is 4.57. The number of amides is 1. The van der Waals surface area contributed by atoms with E-state index in [-0.39, 0.29) is 5.69 Å². The largest absolute Gasteiger partial charge is 0.451 e. The van der Waals surface area contributed by atoms with Crippen LogP contribution >= 0.6 is 0 Å². The predicted molar refractivity (Wildman–Crippen MR) is 59.5 cm³/mol. The zero-order chi connectivity index (χ0) is 14.6. The lowest BCUT2D eigenvalue weighted by molar-refractivity contribution is -0.140. The van der Waals surface area contributed by atoms with Gasteiger partial charge in [-0.1, -0.05) is 0 Å². The Morgan fingerprint density at radius 2 is 2.00 bits per heavy atom. The summed E-state index contributed by atoms with van der Waals surface area (Å²) >= 11 is 0. The fourth-order valence-corrected chi connectivity index (χ4v) is 1.27. The monoisotopic (exact) mass is 278 g/mol. The van der Waals surface area contributed by atoms with Gasteiger partial charge in [-0.05, 0) is 19.1 Å². The minimum atomic E-state index is -4.49. The number of alkyl halides is 3. The smallest absolute Gasteiger partial charge is 0.405 e. The van der Waals surface area contributed by atoms with Crippen LogP contribution in [-0.4, -0.2) is 35.8 Å². The minimum absolute atomic E-state index is 0.223. The van der Waals surface area contributed by atoms with Gasteiger partial charge < -0.3 is 14.6 Å². The molecule has 1 rings (SSSR count). The highest BCUT2D eigenvalue weighted by Gasteiger charge is 2.27. The summed E-state index contributed by atoms with van der Waals surface area (Å²) in [7, 11) is 1.63. The van der Waals surface area contributed by atoms with Crippen LogP contribution in [0.1, 0.15) is 16.2 Å². The van der Waals surface area contributed by atoms with Crippen molar-refractivity contribution in [3.8, 4) is 0 Å². The van der Waals surface area contributed by atoms with Gasteiger partial charge in [-0.15, -0.1) is 0 Å². The molecule has 0 aromatic carbocycles. The molecule has 106 valence electrons. The summed E-state index contributed by atoms with van der Waals surface area (Å²) in [6.45, 7) is -0.432. The molecule has 5 nitrogen and oxygen atoms in total. The number of rotatable bonds is 4. The van der Waals surface area contributed by atoms with Gasteiger partial charge in [-0.25, -0.2) is 4.79 Å². The number of nitrogens with zero attached hydrogens (tertiary/aromatic N) is 1. The fraction of sp³-hybridized carbons (Fsp3) is 0.455. The molecular formula is C11H13F3N2O3. The molecular weight excluding hydrogens is 265 g/mol. The van der Waals surface area contributed by atoms with Crippen LogP contribution in [0.4, 0.5) is 13.2 Å². The van der Waals surface area contributed by atoms with Gasteiger partial charge in [-0.3, -0.25) is 4.79 Å². The molecule has 8 heteroatoms. The number of esters is 1. The number of hydrogen-bond donors (Lipinski definition) is 1. The zero-order valence-corrected chi connectivity index (χ0v) is 10.4. The molecule has 19 heavy (non-hydrogen) atoms. The van der Waals surface area contributed by atoms with Crippen molar-refractivity contribution in [2.75, 3.05) is 13.2 Å². The van der Waals surface area contributed by atoms with Crippen LogP contribution in [0.15, 0.2) is 12.1 Å². The SMILES string of the molecule is Cc1ccc(C(=O)OCC(=O)NCC(F)(F)F)n1C. The van der Waals surface area contributed by atoms with Gasteiger partial charge in [-0.2, -0.15) is 13.2 Å². The summed E-state index contributed by atoms with van der Waals surface area (Å²) in [6.07, 6.45) is -4.49. The summed E-state index contributed by atoms with van der Waals surface area (Å²) in [5.41, 5.74) is 1.04. The number of carbonyl (C=O) groups is 2. The highest BCUT2D eigenvalue weighted by Crippen LogP contribution is 2.12. The van der Waals surface area contributed by atoms with Crippen LogP contribution in [0.25, 0.3) is 0 Å². The lowest BCUT2D eigenvalue weighted by Gasteiger charge is -2.09. The van der Waals surface area contributed by atoms with E-state index < -0.39 is 31.2 Å². The Balaban J connectivity index is 2.43. The second-order valence-corrected chi connectivity index (χ2v) is 3.89. The third-order valence-corrected chi connectivity index (χ3v) is 2.40. The van der Waals surface area contributed by atoms with Gasteiger partial charge in [0.1, 0.15) is 12.2 Å². The van der Waals surface area contributed by atoms with Crippen molar-refractivity contribution < 1.29 is 27.5 Å². The van der Waals surface area contributed by atoms with Gasteiger partial charge in [0.05, 0.1) is 0 Å². The topological polar surface area (TPSA) is 60.3 Å². The molecule has 1 heterocycles. The number of nitrogens with one attached hydrogen (secondary N) is 1. The van der Waals surface area contributed by atoms with E-state index in [2.05, 4.69) is 4.74 Å². The molecule has 1 N–H and O–H groups in total. The van der Waals surface area contributed by atoms with E-state index >= 15 is 0 Å². The van der Waals surface area contributed by atoms with Crippen LogP contribution in [0.5, 0.6) is 0 Å². The number of hydrogen-bond acceptors (Lipinski definition) is 3. The quantitative estimate of drug-likeness (QED) is 0.841. The van der Waals surface area contributed by atoms with Crippen LogP contribution in [0.2, 0.25) is 0 Å². The second-order valence-electron chi connectivity index (χ2n) is 3.89. The molecule has 0 unspecified atom stereocenters. The van der Waals surface area contributed by atoms with Gasteiger partial charge in [0, 0.05) is 12.7 Å². The van der Waals surface area contributed by atoms with Gasteiger partial charge in [0.15, 0.2) is 6.61 Å². The van der Waals surface area contributed by atoms with Crippen LogP contribution < -0.4 is 5.32 Å². The summed E-state index contributed by atoms with van der Waals surface area (Å²) in [6, 6.07) is 3.19.